The van der Waals surface area contributed by atoms with Gasteiger partial charge in [0.05, 0.1) is 11.0 Å². The van der Waals surface area contributed by atoms with Crippen molar-refractivity contribution in [2.24, 2.45) is 5.92 Å². The Labute approximate surface area is 134 Å². The number of aromatic nitrogens is 1. The monoisotopic (exact) mass is 309 g/mol. The van der Waals surface area contributed by atoms with Crippen LogP contribution in [0.5, 0.6) is 5.75 Å². The number of benzene rings is 1. The van der Waals surface area contributed by atoms with Crippen LogP contribution in [-0.4, -0.2) is 16.4 Å². The Kier molecular flexibility index (Phi) is 3.00. The third-order valence-corrected chi connectivity index (χ3v) is 5.17. The molecular weight excluding hydrogens is 290 g/mol. The molecule has 0 amide bonds. The Hall–Kier alpha value is -2.33. The number of aromatic amines is 1. The van der Waals surface area contributed by atoms with Gasteiger partial charge in [0.15, 0.2) is 0 Å². The minimum absolute atomic E-state index is 0.186. The number of rotatable bonds is 1. The predicted octanol–water partition coefficient (Wildman–Crippen LogP) is 2.98. The van der Waals surface area contributed by atoms with E-state index in [9.17, 15) is 9.90 Å². The Morgan fingerprint density at radius 3 is 2.70 bits per heavy atom. The standard InChI is InChI=1S/C19H19NO3/c1-11-8-19(9-12(11)2)15-16(23-18(19)22)14(10-20-17(15)21)13-6-4-3-5-7-13/h3-8,10,12,18,22H,9H2,1-2H3,(H,20,21)/t12-,18+,19+/m1/s1. The lowest BCUT2D eigenvalue weighted by Gasteiger charge is -2.24. The van der Waals surface area contributed by atoms with E-state index in [1.165, 1.54) is 5.57 Å². The van der Waals surface area contributed by atoms with Crippen molar-refractivity contribution in [3.63, 3.8) is 0 Å². The van der Waals surface area contributed by atoms with Crippen LogP contribution in [0.2, 0.25) is 0 Å². The number of pyridine rings is 1. The van der Waals surface area contributed by atoms with Crippen molar-refractivity contribution in [3.8, 4) is 16.9 Å². The van der Waals surface area contributed by atoms with Gasteiger partial charge >= 0.3 is 0 Å². The molecule has 23 heavy (non-hydrogen) atoms. The van der Waals surface area contributed by atoms with Crippen molar-refractivity contribution in [2.75, 3.05) is 0 Å². The maximum absolute atomic E-state index is 12.5. The van der Waals surface area contributed by atoms with Gasteiger partial charge in [0.1, 0.15) is 5.75 Å². The number of hydrogen-bond acceptors (Lipinski definition) is 3. The molecule has 4 nitrogen and oxygen atoms in total. The molecule has 3 atom stereocenters. The van der Waals surface area contributed by atoms with Gasteiger partial charge in [-0.15, -0.1) is 0 Å². The molecule has 1 aliphatic heterocycles. The van der Waals surface area contributed by atoms with Crippen LogP contribution in [0.1, 0.15) is 25.8 Å². The first-order valence-electron chi connectivity index (χ1n) is 7.88. The number of aliphatic hydroxyl groups excluding tert-OH is 1. The summed E-state index contributed by atoms with van der Waals surface area (Å²) in [6, 6.07) is 9.75. The predicted molar refractivity (Wildman–Crippen MR) is 88.3 cm³/mol. The molecule has 1 spiro atoms. The van der Waals surface area contributed by atoms with Crippen LogP contribution in [0, 0.1) is 5.92 Å². The van der Waals surface area contributed by atoms with Gasteiger partial charge in [-0.3, -0.25) is 4.79 Å². The average Bonchev–Trinajstić information content (AvgIpc) is 2.99. The topological polar surface area (TPSA) is 62.3 Å². The molecule has 2 aliphatic rings. The van der Waals surface area contributed by atoms with Crippen molar-refractivity contribution < 1.29 is 9.84 Å². The minimum atomic E-state index is -1.02. The third-order valence-electron chi connectivity index (χ3n) is 5.17. The highest BCUT2D eigenvalue weighted by Gasteiger charge is 2.53. The second-order valence-electron chi connectivity index (χ2n) is 6.61. The zero-order chi connectivity index (χ0) is 16.2. The van der Waals surface area contributed by atoms with E-state index in [0.717, 1.165) is 11.1 Å². The number of H-pyrrole nitrogens is 1. The minimum Gasteiger partial charge on any atom is -0.463 e. The number of allylic oxidation sites excluding steroid dienone is 1. The lowest BCUT2D eigenvalue weighted by atomic mass is 9.79. The fraction of sp³-hybridized carbons (Fsp3) is 0.316. The lowest BCUT2D eigenvalue weighted by molar-refractivity contribution is -0.0429. The molecule has 0 radical (unpaired) electrons. The van der Waals surface area contributed by atoms with E-state index in [4.69, 9.17) is 4.74 Å². The first-order chi connectivity index (χ1) is 11.0. The Bertz CT molecular complexity index is 853. The first kappa shape index (κ1) is 14.3. The molecule has 2 N–H and O–H groups in total. The summed E-state index contributed by atoms with van der Waals surface area (Å²) in [6.45, 7) is 4.15. The quantitative estimate of drug-likeness (QED) is 0.796. The van der Waals surface area contributed by atoms with Crippen LogP contribution < -0.4 is 10.3 Å². The van der Waals surface area contributed by atoms with E-state index < -0.39 is 11.7 Å². The summed E-state index contributed by atoms with van der Waals surface area (Å²) in [6.07, 6.45) is 3.34. The third kappa shape index (κ3) is 1.91. The molecule has 1 aliphatic carbocycles. The second-order valence-corrected chi connectivity index (χ2v) is 6.61. The van der Waals surface area contributed by atoms with Gasteiger partial charge in [0, 0.05) is 11.8 Å². The average molecular weight is 309 g/mol. The largest absolute Gasteiger partial charge is 0.463 e. The first-order valence-corrected chi connectivity index (χ1v) is 7.88. The number of nitrogens with one attached hydrogen (secondary N) is 1. The van der Waals surface area contributed by atoms with Gasteiger partial charge in [-0.25, -0.2) is 0 Å². The molecule has 0 bridgehead atoms. The van der Waals surface area contributed by atoms with Crippen molar-refractivity contribution in [3.05, 3.63) is 64.1 Å². The van der Waals surface area contributed by atoms with Crippen molar-refractivity contribution >= 4 is 0 Å². The summed E-state index contributed by atoms with van der Waals surface area (Å²) in [5, 5.41) is 10.6. The van der Waals surface area contributed by atoms with E-state index in [2.05, 4.69) is 11.9 Å². The molecule has 1 aromatic carbocycles. The smallest absolute Gasteiger partial charge is 0.256 e. The molecule has 4 heteroatoms. The summed E-state index contributed by atoms with van der Waals surface area (Å²) in [5.41, 5.74) is 2.57. The second kappa shape index (κ2) is 4.83. The normalized spacial score (nSPS) is 28.6. The van der Waals surface area contributed by atoms with Crippen LogP contribution >= 0.6 is 0 Å². The van der Waals surface area contributed by atoms with Crippen molar-refractivity contribution in [1.29, 1.82) is 0 Å². The van der Waals surface area contributed by atoms with Gasteiger partial charge in [-0.05, 0) is 24.8 Å². The fourth-order valence-electron chi connectivity index (χ4n) is 3.85. The fourth-order valence-corrected chi connectivity index (χ4v) is 3.85. The molecule has 0 saturated heterocycles. The molecular formula is C19H19NO3. The van der Waals surface area contributed by atoms with E-state index >= 15 is 0 Å². The Morgan fingerprint density at radius 1 is 1.30 bits per heavy atom. The maximum atomic E-state index is 12.5. The summed E-state index contributed by atoms with van der Waals surface area (Å²) in [7, 11) is 0. The van der Waals surface area contributed by atoms with Crippen LogP contribution in [-0.2, 0) is 5.41 Å². The number of aliphatic hydroxyl groups is 1. The molecule has 0 saturated carbocycles. The van der Waals surface area contributed by atoms with Gasteiger partial charge in [0.2, 0.25) is 6.29 Å². The maximum Gasteiger partial charge on any atom is 0.256 e. The van der Waals surface area contributed by atoms with E-state index in [-0.39, 0.29) is 5.56 Å². The van der Waals surface area contributed by atoms with Gasteiger partial charge < -0.3 is 14.8 Å². The van der Waals surface area contributed by atoms with Crippen LogP contribution in [0.3, 0.4) is 0 Å². The van der Waals surface area contributed by atoms with Crippen LogP contribution in [0.15, 0.2) is 53.0 Å². The van der Waals surface area contributed by atoms with Gasteiger partial charge in [-0.1, -0.05) is 48.9 Å². The van der Waals surface area contributed by atoms with Gasteiger partial charge in [0.25, 0.3) is 5.56 Å². The Balaban J connectivity index is 1.97. The molecule has 0 fully saturated rings. The number of hydrogen-bond donors (Lipinski definition) is 2. The number of fused-ring (bicyclic) bond motifs is 2. The van der Waals surface area contributed by atoms with Crippen molar-refractivity contribution in [2.45, 2.75) is 32.0 Å². The van der Waals surface area contributed by atoms with E-state index in [1.54, 1.807) is 6.20 Å². The highest BCUT2D eigenvalue weighted by atomic mass is 16.6. The summed E-state index contributed by atoms with van der Waals surface area (Å²) in [5.74, 6) is 0.824. The van der Waals surface area contributed by atoms with Crippen molar-refractivity contribution in [1.82, 2.24) is 4.98 Å². The Morgan fingerprint density at radius 2 is 2.04 bits per heavy atom. The number of ether oxygens (including phenoxy) is 1. The van der Waals surface area contributed by atoms with E-state index in [0.29, 0.717) is 23.7 Å². The van der Waals surface area contributed by atoms with Gasteiger partial charge in [-0.2, -0.15) is 0 Å². The molecule has 0 unspecified atom stereocenters. The molecule has 118 valence electrons. The zero-order valence-electron chi connectivity index (χ0n) is 13.2. The summed E-state index contributed by atoms with van der Waals surface area (Å²) < 4.78 is 5.80. The highest BCUT2D eigenvalue weighted by molar-refractivity contribution is 5.73. The lowest BCUT2D eigenvalue weighted by Crippen LogP contribution is -2.38. The molecule has 4 rings (SSSR count). The SMILES string of the molecule is CC1=C[C@]2(C[C@H]1C)c1c(c(-c3ccccc3)c[nH]c1=O)O[C@@H]2O. The van der Waals surface area contributed by atoms with Crippen LogP contribution in [0.4, 0.5) is 0 Å². The molecule has 2 heterocycles. The van der Waals surface area contributed by atoms with E-state index in [1.807, 2.05) is 43.3 Å². The zero-order valence-corrected chi connectivity index (χ0v) is 13.2. The molecule has 1 aromatic heterocycles. The summed E-state index contributed by atoms with van der Waals surface area (Å²) >= 11 is 0. The summed E-state index contributed by atoms with van der Waals surface area (Å²) in [4.78, 5) is 15.4. The highest BCUT2D eigenvalue weighted by Crippen LogP contribution is 2.53. The van der Waals surface area contributed by atoms with Crippen LogP contribution in [0.25, 0.3) is 11.1 Å². The molecule has 2 aromatic rings.